The molecule has 2 rings (SSSR count). The Kier molecular flexibility index (Phi) is 3.52. The third-order valence-electron chi connectivity index (χ3n) is 2.29. The lowest BCUT2D eigenvalue weighted by atomic mass is 10.2. The first-order chi connectivity index (χ1) is 8.63. The van der Waals surface area contributed by atoms with Crippen LogP contribution in [0.25, 0.3) is 0 Å². The Balaban J connectivity index is 2.06. The maximum absolute atomic E-state index is 10.8. The van der Waals surface area contributed by atoms with Crippen LogP contribution in [0.4, 0.5) is 17.3 Å². The molecule has 18 heavy (non-hydrogen) atoms. The summed E-state index contributed by atoms with van der Waals surface area (Å²) in [5, 5.41) is 13.6. The first-order valence-electron chi connectivity index (χ1n) is 5.58. The molecule has 0 bridgehead atoms. The number of anilines is 3. The van der Waals surface area contributed by atoms with Gasteiger partial charge in [-0.2, -0.15) is 0 Å². The predicted octanol–water partition coefficient (Wildman–Crippen LogP) is 2.49. The summed E-state index contributed by atoms with van der Waals surface area (Å²) in [6.07, 6.45) is 0. The summed E-state index contributed by atoms with van der Waals surface area (Å²) >= 11 is 0. The first-order valence-corrected chi connectivity index (χ1v) is 5.58. The van der Waals surface area contributed by atoms with Crippen LogP contribution in [0, 0.1) is 6.92 Å². The number of hydrogen-bond acceptors (Lipinski definition) is 4. The topological polar surface area (TPSA) is 66.9 Å². The minimum atomic E-state index is -0.163. The molecular weight excluding hydrogens is 228 g/mol. The number of carbonyl (C=O) groups excluding carboxylic acids is 1. The van der Waals surface area contributed by atoms with E-state index in [1.807, 2.05) is 31.2 Å². The quantitative estimate of drug-likeness (QED) is 0.867. The third kappa shape index (κ3) is 3.28. The number of benzene rings is 1. The van der Waals surface area contributed by atoms with Crippen molar-refractivity contribution >= 4 is 23.2 Å². The van der Waals surface area contributed by atoms with Crippen LogP contribution in [0.15, 0.2) is 36.4 Å². The molecule has 0 unspecified atom stereocenters. The van der Waals surface area contributed by atoms with Crippen molar-refractivity contribution in [2.45, 2.75) is 13.8 Å². The van der Waals surface area contributed by atoms with Gasteiger partial charge in [-0.15, -0.1) is 10.2 Å². The number of carbonyl (C=O) groups is 1. The third-order valence-corrected chi connectivity index (χ3v) is 2.29. The second kappa shape index (κ2) is 5.27. The van der Waals surface area contributed by atoms with Crippen LogP contribution in [-0.4, -0.2) is 16.1 Å². The van der Waals surface area contributed by atoms with Crippen molar-refractivity contribution in [2.24, 2.45) is 0 Å². The van der Waals surface area contributed by atoms with E-state index in [0.717, 1.165) is 5.69 Å². The SMILES string of the molecule is CC(=O)Nc1ccc(Nc2ccc(C)cc2)nn1. The highest BCUT2D eigenvalue weighted by Crippen LogP contribution is 2.15. The van der Waals surface area contributed by atoms with Crippen LogP contribution in [0.5, 0.6) is 0 Å². The molecule has 1 heterocycles. The molecule has 5 nitrogen and oxygen atoms in total. The highest BCUT2D eigenvalue weighted by atomic mass is 16.1. The fraction of sp³-hybridized carbons (Fsp3) is 0.154. The Morgan fingerprint density at radius 2 is 1.61 bits per heavy atom. The van der Waals surface area contributed by atoms with Gasteiger partial charge >= 0.3 is 0 Å². The van der Waals surface area contributed by atoms with E-state index in [9.17, 15) is 4.79 Å². The molecule has 0 atom stereocenters. The van der Waals surface area contributed by atoms with Gasteiger partial charge in [0.15, 0.2) is 11.6 Å². The zero-order chi connectivity index (χ0) is 13.0. The number of aromatic nitrogens is 2. The average molecular weight is 242 g/mol. The second-order valence-electron chi connectivity index (χ2n) is 3.98. The molecule has 92 valence electrons. The zero-order valence-corrected chi connectivity index (χ0v) is 10.3. The van der Waals surface area contributed by atoms with Gasteiger partial charge in [0.2, 0.25) is 5.91 Å². The molecule has 1 aromatic heterocycles. The maximum atomic E-state index is 10.8. The highest BCUT2D eigenvalue weighted by molar-refractivity contribution is 5.87. The smallest absolute Gasteiger partial charge is 0.222 e. The van der Waals surface area contributed by atoms with Crippen LogP contribution in [-0.2, 0) is 4.79 Å². The molecule has 2 aromatic rings. The molecule has 5 heteroatoms. The van der Waals surface area contributed by atoms with Gasteiger partial charge in [-0.25, -0.2) is 0 Å². The van der Waals surface area contributed by atoms with E-state index in [0.29, 0.717) is 11.6 Å². The fourth-order valence-corrected chi connectivity index (χ4v) is 1.43. The van der Waals surface area contributed by atoms with Crippen LogP contribution in [0.1, 0.15) is 12.5 Å². The van der Waals surface area contributed by atoms with Crippen molar-refractivity contribution < 1.29 is 4.79 Å². The Hall–Kier alpha value is -2.43. The molecule has 0 aliphatic rings. The lowest BCUT2D eigenvalue weighted by Crippen LogP contribution is -2.08. The highest BCUT2D eigenvalue weighted by Gasteiger charge is 1.99. The van der Waals surface area contributed by atoms with E-state index in [1.165, 1.54) is 12.5 Å². The standard InChI is InChI=1S/C13H14N4O/c1-9-3-5-11(6-4-9)15-13-8-7-12(16-17-13)14-10(2)18/h3-8H,1-2H3,(H,15,17)(H,14,16,18). The minimum Gasteiger partial charge on any atom is -0.339 e. The van der Waals surface area contributed by atoms with Crippen LogP contribution < -0.4 is 10.6 Å². The number of hydrogen-bond donors (Lipinski definition) is 2. The van der Waals surface area contributed by atoms with Gasteiger partial charge in [-0.05, 0) is 31.2 Å². The molecule has 0 aliphatic carbocycles. The van der Waals surface area contributed by atoms with Gasteiger partial charge in [0.1, 0.15) is 0 Å². The van der Waals surface area contributed by atoms with Gasteiger partial charge in [0.25, 0.3) is 0 Å². The zero-order valence-electron chi connectivity index (χ0n) is 10.3. The van der Waals surface area contributed by atoms with Crippen molar-refractivity contribution in [3.8, 4) is 0 Å². The molecule has 0 fully saturated rings. The average Bonchev–Trinajstić information content (AvgIpc) is 2.34. The monoisotopic (exact) mass is 242 g/mol. The Bertz CT molecular complexity index is 534. The van der Waals surface area contributed by atoms with Gasteiger partial charge in [0.05, 0.1) is 0 Å². The van der Waals surface area contributed by atoms with Gasteiger partial charge < -0.3 is 10.6 Å². The largest absolute Gasteiger partial charge is 0.339 e. The maximum Gasteiger partial charge on any atom is 0.222 e. The van der Waals surface area contributed by atoms with Crippen molar-refractivity contribution in [1.82, 2.24) is 10.2 Å². The number of rotatable bonds is 3. The lowest BCUT2D eigenvalue weighted by molar-refractivity contribution is -0.114. The molecule has 0 saturated carbocycles. The summed E-state index contributed by atoms with van der Waals surface area (Å²) < 4.78 is 0. The number of nitrogens with zero attached hydrogens (tertiary/aromatic N) is 2. The summed E-state index contributed by atoms with van der Waals surface area (Å²) in [4.78, 5) is 10.8. The van der Waals surface area contributed by atoms with Crippen molar-refractivity contribution in [2.75, 3.05) is 10.6 Å². The second-order valence-corrected chi connectivity index (χ2v) is 3.98. The van der Waals surface area contributed by atoms with Crippen molar-refractivity contribution in [1.29, 1.82) is 0 Å². The van der Waals surface area contributed by atoms with Gasteiger partial charge in [0, 0.05) is 12.6 Å². The van der Waals surface area contributed by atoms with Crippen LogP contribution >= 0.6 is 0 Å². The molecule has 0 radical (unpaired) electrons. The van der Waals surface area contributed by atoms with Gasteiger partial charge in [-0.1, -0.05) is 17.7 Å². The van der Waals surface area contributed by atoms with E-state index in [1.54, 1.807) is 12.1 Å². The summed E-state index contributed by atoms with van der Waals surface area (Å²) in [5.41, 5.74) is 2.15. The van der Waals surface area contributed by atoms with Crippen molar-refractivity contribution in [3.63, 3.8) is 0 Å². The van der Waals surface area contributed by atoms with E-state index in [4.69, 9.17) is 0 Å². The lowest BCUT2D eigenvalue weighted by Gasteiger charge is -2.06. The van der Waals surface area contributed by atoms with E-state index in [2.05, 4.69) is 20.8 Å². The van der Waals surface area contributed by atoms with Crippen LogP contribution in [0.3, 0.4) is 0 Å². The summed E-state index contributed by atoms with van der Waals surface area (Å²) in [7, 11) is 0. The number of amides is 1. The molecule has 0 spiro atoms. The molecular formula is C13H14N4O. The normalized spacial score (nSPS) is 9.89. The fourth-order valence-electron chi connectivity index (χ4n) is 1.43. The number of nitrogens with one attached hydrogen (secondary N) is 2. The molecule has 0 saturated heterocycles. The molecule has 1 amide bonds. The van der Waals surface area contributed by atoms with Gasteiger partial charge in [-0.3, -0.25) is 4.79 Å². The first kappa shape index (κ1) is 12.0. The Morgan fingerprint density at radius 3 is 2.17 bits per heavy atom. The minimum absolute atomic E-state index is 0.163. The Morgan fingerprint density at radius 1 is 1.00 bits per heavy atom. The van der Waals surface area contributed by atoms with E-state index < -0.39 is 0 Å². The predicted molar refractivity (Wildman–Crippen MR) is 70.8 cm³/mol. The summed E-state index contributed by atoms with van der Waals surface area (Å²) in [5.74, 6) is 0.911. The molecule has 2 N–H and O–H groups in total. The molecule has 1 aromatic carbocycles. The molecule has 0 aliphatic heterocycles. The summed E-state index contributed by atoms with van der Waals surface area (Å²) in [6, 6.07) is 11.4. The number of aryl methyl sites for hydroxylation is 1. The van der Waals surface area contributed by atoms with Crippen molar-refractivity contribution in [3.05, 3.63) is 42.0 Å². The van der Waals surface area contributed by atoms with Crippen LogP contribution in [0.2, 0.25) is 0 Å². The summed E-state index contributed by atoms with van der Waals surface area (Å²) in [6.45, 7) is 3.46. The van der Waals surface area contributed by atoms with E-state index in [-0.39, 0.29) is 5.91 Å². The Labute approximate surface area is 105 Å². The van der Waals surface area contributed by atoms with E-state index >= 15 is 0 Å².